The van der Waals surface area contributed by atoms with Crippen molar-refractivity contribution in [2.75, 3.05) is 47.3 Å². The first-order valence-corrected chi connectivity index (χ1v) is 4.75. The Hall–Kier alpha value is -1.14. The van der Waals surface area contributed by atoms with E-state index in [1.54, 1.807) is 4.90 Å². The van der Waals surface area contributed by atoms with E-state index in [1.807, 2.05) is 19.0 Å². The highest BCUT2D eigenvalue weighted by molar-refractivity contribution is 5.78. The molecule has 0 aromatic rings. The summed E-state index contributed by atoms with van der Waals surface area (Å²) in [5, 5.41) is 11.1. The molecule has 0 bridgehead atoms. The number of carbonyl (C=O) groups excluding carboxylic acids is 1. The molecule has 0 heterocycles. The molecule has 0 aromatic carbocycles. The van der Waals surface area contributed by atoms with Crippen LogP contribution in [0.2, 0.25) is 0 Å². The fourth-order valence-corrected chi connectivity index (χ4v) is 1.03. The van der Waals surface area contributed by atoms with Crippen LogP contribution >= 0.6 is 0 Å². The fraction of sp³-hybridized carbons (Fsp3) is 0.778. The SMILES string of the molecule is CNC(=O)CN(CCN(C)C)CC(=O)O. The standard InChI is InChI=1S/C9H19N3O3/c1-10-8(13)6-12(7-9(14)15)5-4-11(2)3/h4-7H2,1-3H3,(H,10,13)(H,14,15). The third kappa shape index (κ3) is 7.90. The zero-order valence-corrected chi connectivity index (χ0v) is 9.49. The Balaban J connectivity index is 4.05. The van der Waals surface area contributed by atoms with Gasteiger partial charge in [-0.3, -0.25) is 14.5 Å². The summed E-state index contributed by atoms with van der Waals surface area (Å²) in [4.78, 5) is 25.2. The molecule has 0 radical (unpaired) electrons. The van der Waals surface area contributed by atoms with Crippen molar-refractivity contribution in [3.63, 3.8) is 0 Å². The number of carboxylic acid groups (broad SMARTS) is 1. The highest BCUT2D eigenvalue weighted by Gasteiger charge is 2.12. The molecule has 15 heavy (non-hydrogen) atoms. The van der Waals surface area contributed by atoms with Crippen LogP contribution in [0.1, 0.15) is 0 Å². The van der Waals surface area contributed by atoms with Gasteiger partial charge in [0, 0.05) is 20.1 Å². The lowest BCUT2D eigenvalue weighted by Crippen LogP contribution is -2.41. The number of carbonyl (C=O) groups is 2. The normalized spacial score (nSPS) is 10.7. The zero-order valence-electron chi connectivity index (χ0n) is 9.49. The number of aliphatic carboxylic acids is 1. The van der Waals surface area contributed by atoms with Gasteiger partial charge in [0.05, 0.1) is 13.1 Å². The van der Waals surface area contributed by atoms with Crippen molar-refractivity contribution in [3.05, 3.63) is 0 Å². The lowest BCUT2D eigenvalue weighted by atomic mass is 10.4. The second-order valence-electron chi connectivity index (χ2n) is 3.58. The molecule has 0 fully saturated rings. The Kier molecular flexibility index (Phi) is 6.64. The van der Waals surface area contributed by atoms with Crippen molar-refractivity contribution < 1.29 is 14.7 Å². The molecule has 0 rings (SSSR count). The summed E-state index contributed by atoms with van der Waals surface area (Å²) in [6.07, 6.45) is 0. The van der Waals surface area contributed by atoms with Crippen LogP contribution in [0.25, 0.3) is 0 Å². The lowest BCUT2D eigenvalue weighted by Gasteiger charge is -2.21. The van der Waals surface area contributed by atoms with Crippen molar-refractivity contribution in [3.8, 4) is 0 Å². The van der Waals surface area contributed by atoms with E-state index in [0.717, 1.165) is 6.54 Å². The first kappa shape index (κ1) is 13.9. The first-order valence-electron chi connectivity index (χ1n) is 4.75. The van der Waals surface area contributed by atoms with Gasteiger partial charge in [0.25, 0.3) is 0 Å². The molecule has 0 aliphatic rings. The molecule has 0 spiro atoms. The molecule has 0 aromatic heterocycles. The Labute approximate surface area is 89.8 Å². The van der Waals surface area contributed by atoms with Gasteiger partial charge in [-0.05, 0) is 14.1 Å². The monoisotopic (exact) mass is 217 g/mol. The molecule has 88 valence electrons. The molecular formula is C9H19N3O3. The zero-order chi connectivity index (χ0) is 11.8. The summed E-state index contributed by atoms with van der Waals surface area (Å²) in [5.41, 5.74) is 0. The summed E-state index contributed by atoms with van der Waals surface area (Å²) in [7, 11) is 5.34. The van der Waals surface area contributed by atoms with Crippen LogP contribution in [0.15, 0.2) is 0 Å². The Morgan fingerprint density at radius 2 is 1.80 bits per heavy atom. The predicted molar refractivity (Wildman–Crippen MR) is 56.7 cm³/mol. The van der Waals surface area contributed by atoms with Crippen LogP contribution in [0.5, 0.6) is 0 Å². The maximum Gasteiger partial charge on any atom is 0.317 e. The molecule has 0 aliphatic carbocycles. The molecular weight excluding hydrogens is 198 g/mol. The summed E-state index contributed by atoms with van der Waals surface area (Å²) < 4.78 is 0. The second kappa shape index (κ2) is 7.19. The maximum absolute atomic E-state index is 11.1. The molecule has 1 amide bonds. The molecule has 0 saturated carbocycles. The Bertz CT molecular complexity index is 219. The van der Waals surface area contributed by atoms with Crippen molar-refractivity contribution in [1.29, 1.82) is 0 Å². The minimum absolute atomic E-state index is 0.110. The number of nitrogens with zero attached hydrogens (tertiary/aromatic N) is 2. The molecule has 0 aliphatic heterocycles. The number of nitrogens with one attached hydrogen (secondary N) is 1. The molecule has 0 saturated heterocycles. The number of rotatable bonds is 7. The lowest BCUT2D eigenvalue weighted by molar-refractivity contribution is -0.138. The Morgan fingerprint density at radius 3 is 2.20 bits per heavy atom. The quantitative estimate of drug-likeness (QED) is 0.553. The van der Waals surface area contributed by atoms with E-state index in [-0.39, 0.29) is 19.0 Å². The number of hydrogen-bond acceptors (Lipinski definition) is 4. The molecule has 0 atom stereocenters. The summed E-state index contributed by atoms with van der Waals surface area (Å²) in [6, 6.07) is 0. The fourth-order valence-electron chi connectivity index (χ4n) is 1.03. The minimum atomic E-state index is -0.919. The minimum Gasteiger partial charge on any atom is -0.480 e. The van der Waals surface area contributed by atoms with Crippen molar-refractivity contribution >= 4 is 11.9 Å². The highest BCUT2D eigenvalue weighted by Crippen LogP contribution is 1.89. The smallest absolute Gasteiger partial charge is 0.317 e. The molecule has 6 nitrogen and oxygen atoms in total. The van der Waals surface area contributed by atoms with Gasteiger partial charge in [0.2, 0.25) is 5.91 Å². The van der Waals surface area contributed by atoms with E-state index in [9.17, 15) is 9.59 Å². The van der Waals surface area contributed by atoms with Gasteiger partial charge in [0.15, 0.2) is 0 Å². The van der Waals surface area contributed by atoms with Crippen molar-refractivity contribution in [2.24, 2.45) is 0 Å². The largest absolute Gasteiger partial charge is 0.480 e. The van der Waals surface area contributed by atoms with E-state index in [2.05, 4.69) is 5.32 Å². The third-order valence-corrected chi connectivity index (χ3v) is 1.87. The van der Waals surface area contributed by atoms with Gasteiger partial charge in [-0.15, -0.1) is 0 Å². The predicted octanol–water partition coefficient (Wildman–Crippen LogP) is -1.32. The average molecular weight is 217 g/mol. The van der Waals surface area contributed by atoms with Crippen LogP contribution in [0.3, 0.4) is 0 Å². The van der Waals surface area contributed by atoms with Gasteiger partial charge >= 0.3 is 5.97 Å². The van der Waals surface area contributed by atoms with Crippen molar-refractivity contribution in [2.45, 2.75) is 0 Å². The van der Waals surface area contributed by atoms with Gasteiger partial charge in [-0.25, -0.2) is 0 Å². The van der Waals surface area contributed by atoms with E-state index in [0.29, 0.717) is 6.54 Å². The highest BCUT2D eigenvalue weighted by atomic mass is 16.4. The molecule has 2 N–H and O–H groups in total. The molecule has 0 unspecified atom stereocenters. The summed E-state index contributed by atoms with van der Waals surface area (Å²) >= 11 is 0. The number of amides is 1. The van der Waals surface area contributed by atoms with E-state index in [1.165, 1.54) is 7.05 Å². The van der Waals surface area contributed by atoms with Gasteiger partial charge in [0.1, 0.15) is 0 Å². The van der Waals surface area contributed by atoms with Gasteiger partial charge in [-0.1, -0.05) is 0 Å². The topological polar surface area (TPSA) is 72.9 Å². The van der Waals surface area contributed by atoms with Crippen LogP contribution in [-0.2, 0) is 9.59 Å². The van der Waals surface area contributed by atoms with E-state index < -0.39 is 5.97 Å². The molecule has 6 heteroatoms. The first-order chi connectivity index (χ1) is 6.95. The number of hydrogen-bond donors (Lipinski definition) is 2. The van der Waals surface area contributed by atoms with Crippen LogP contribution in [0, 0.1) is 0 Å². The number of likely N-dealkylation sites (N-methyl/N-ethyl adjacent to an activating group) is 2. The average Bonchev–Trinajstić information content (AvgIpc) is 2.13. The van der Waals surface area contributed by atoms with Crippen LogP contribution in [0.4, 0.5) is 0 Å². The van der Waals surface area contributed by atoms with Gasteiger partial charge < -0.3 is 15.3 Å². The Morgan fingerprint density at radius 1 is 1.20 bits per heavy atom. The van der Waals surface area contributed by atoms with Crippen LogP contribution < -0.4 is 5.32 Å². The second-order valence-corrected chi connectivity index (χ2v) is 3.58. The summed E-state index contributed by atoms with van der Waals surface area (Å²) in [6.45, 7) is 1.30. The van der Waals surface area contributed by atoms with E-state index in [4.69, 9.17) is 5.11 Å². The maximum atomic E-state index is 11.1. The number of carboxylic acids is 1. The van der Waals surface area contributed by atoms with Gasteiger partial charge in [-0.2, -0.15) is 0 Å². The summed E-state index contributed by atoms with van der Waals surface area (Å²) in [5.74, 6) is -1.09. The van der Waals surface area contributed by atoms with Crippen LogP contribution in [-0.4, -0.2) is 74.1 Å². The van der Waals surface area contributed by atoms with E-state index >= 15 is 0 Å². The van der Waals surface area contributed by atoms with Crippen molar-refractivity contribution in [1.82, 2.24) is 15.1 Å². The third-order valence-electron chi connectivity index (χ3n) is 1.87.